The Hall–Kier alpha value is -1.03. The summed E-state index contributed by atoms with van der Waals surface area (Å²) < 4.78 is 0. The minimum absolute atomic E-state index is 0.0126. The molecular weight excluding hydrogens is 226 g/mol. The Bertz CT molecular complexity index is 383. The van der Waals surface area contributed by atoms with Crippen LogP contribution in [0.2, 0.25) is 0 Å². The number of H-pyrrole nitrogens is 1. The van der Waals surface area contributed by atoms with E-state index < -0.39 is 0 Å². The molecule has 1 aromatic rings. The van der Waals surface area contributed by atoms with Gasteiger partial charge < -0.3 is 10.3 Å². The quantitative estimate of drug-likeness (QED) is 0.798. The van der Waals surface area contributed by atoms with E-state index in [0.29, 0.717) is 12.4 Å². The summed E-state index contributed by atoms with van der Waals surface area (Å²) in [7, 11) is 0. The largest absolute Gasteiger partial charge is 0.364 e. The molecule has 0 saturated carbocycles. The molecule has 0 amide bonds. The van der Waals surface area contributed by atoms with E-state index in [1.165, 1.54) is 12.4 Å². The molecule has 1 heterocycles. The van der Waals surface area contributed by atoms with E-state index in [9.17, 15) is 4.79 Å². The number of hydrogen-bond acceptors (Lipinski definition) is 3. The standard InChI is InChI=1S/C11H18ClN3O/c1-11(2,3)6-8(12)7-15-9-10(16)14-5-4-13-9/h4-5,8H,6-7H2,1-3H3,(H,13,15)(H,14,16). The molecule has 90 valence electrons. The molecule has 0 aliphatic rings. The highest BCUT2D eigenvalue weighted by Gasteiger charge is 2.16. The Morgan fingerprint density at radius 1 is 1.56 bits per heavy atom. The Morgan fingerprint density at radius 3 is 2.81 bits per heavy atom. The monoisotopic (exact) mass is 243 g/mol. The number of nitrogens with one attached hydrogen (secondary N) is 2. The van der Waals surface area contributed by atoms with Crippen LogP contribution in [0.25, 0.3) is 0 Å². The smallest absolute Gasteiger partial charge is 0.290 e. The van der Waals surface area contributed by atoms with Crippen molar-refractivity contribution in [3.63, 3.8) is 0 Å². The van der Waals surface area contributed by atoms with Crippen LogP contribution in [0.15, 0.2) is 17.2 Å². The van der Waals surface area contributed by atoms with Gasteiger partial charge in [0.1, 0.15) is 0 Å². The van der Waals surface area contributed by atoms with Gasteiger partial charge in [0, 0.05) is 18.9 Å². The van der Waals surface area contributed by atoms with Crippen LogP contribution in [0.5, 0.6) is 0 Å². The summed E-state index contributed by atoms with van der Waals surface area (Å²) in [5.74, 6) is 0.321. The number of rotatable bonds is 4. The van der Waals surface area contributed by atoms with E-state index >= 15 is 0 Å². The van der Waals surface area contributed by atoms with Gasteiger partial charge in [0.2, 0.25) is 0 Å². The number of anilines is 1. The molecule has 5 heteroatoms. The molecule has 0 bridgehead atoms. The highest BCUT2D eigenvalue weighted by Crippen LogP contribution is 2.23. The first kappa shape index (κ1) is 13.0. The third kappa shape index (κ3) is 4.66. The normalized spacial score (nSPS) is 13.5. The summed E-state index contributed by atoms with van der Waals surface area (Å²) in [6.45, 7) is 6.95. The Balaban J connectivity index is 2.47. The SMILES string of the molecule is CC(C)(C)CC(Cl)CNc1ncc[nH]c1=O. The molecule has 0 aromatic carbocycles. The van der Waals surface area contributed by atoms with Crippen molar-refractivity contribution in [1.82, 2.24) is 9.97 Å². The number of alkyl halides is 1. The first-order valence-electron chi connectivity index (χ1n) is 5.30. The van der Waals surface area contributed by atoms with Crippen LogP contribution in [0.3, 0.4) is 0 Å². The number of aromatic amines is 1. The lowest BCUT2D eigenvalue weighted by Gasteiger charge is -2.21. The van der Waals surface area contributed by atoms with Crippen molar-refractivity contribution in [2.24, 2.45) is 5.41 Å². The van der Waals surface area contributed by atoms with Crippen LogP contribution in [0.4, 0.5) is 5.82 Å². The van der Waals surface area contributed by atoms with E-state index in [-0.39, 0.29) is 16.4 Å². The molecule has 1 atom stereocenters. The van der Waals surface area contributed by atoms with Crippen molar-refractivity contribution in [3.8, 4) is 0 Å². The molecule has 0 saturated heterocycles. The van der Waals surface area contributed by atoms with Gasteiger partial charge in [-0.3, -0.25) is 4.79 Å². The van der Waals surface area contributed by atoms with Crippen LogP contribution < -0.4 is 10.9 Å². The first-order chi connectivity index (χ1) is 7.38. The third-order valence-corrected chi connectivity index (χ3v) is 2.34. The average Bonchev–Trinajstić information content (AvgIpc) is 2.14. The first-order valence-corrected chi connectivity index (χ1v) is 5.74. The van der Waals surface area contributed by atoms with Crippen molar-refractivity contribution < 1.29 is 0 Å². The van der Waals surface area contributed by atoms with Gasteiger partial charge in [-0.1, -0.05) is 20.8 Å². The van der Waals surface area contributed by atoms with Gasteiger partial charge in [-0.25, -0.2) is 4.98 Å². The van der Waals surface area contributed by atoms with Gasteiger partial charge in [-0.05, 0) is 11.8 Å². The Morgan fingerprint density at radius 2 is 2.25 bits per heavy atom. The van der Waals surface area contributed by atoms with Gasteiger partial charge in [0.15, 0.2) is 5.82 Å². The van der Waals surface area contributed by atoms with E-state index in [0.717, 1.165) is 6.42 Å². The maximum absolute atomic E-state index is 11.3. The molecule has 1 unspecified atom stereocenters. The molecular formula is C11H18ClN3O. The molecule has 1 rings (SSSR count). The van der Waals surface area contributed by atoms with Crippen molar-refractivity contribution in [2.75, 3.05) is 11.9 Å². The zero-order valence-corrected chi connectivity index (χ0v) is 10.6. The van der Waals surface area contributed by atoms with Crippen LogP contribution in [0, 0.1) is 5.41 Å². The van der Waals surface area contributed by atoms with E-state index in [4.69, 9.17) is 11.6 Å². The average molecular weight is 244 g/mol. The summed E-state index contributed by atoms with van der Waals surface area (Å²) in [6.07, 6.45) is 3.92. The predicted octanol–water partition coefficient (Wildman–Crippen LogP) is 2.23. The van der Waals surface area contributed by atoms with E-state index in [1.807, 2.05) is 0 Å². The number of aromatic nitrogens is 2. The molecule has 0 aliphatic carbocycles. The Labute approximate surface area is 100 Å². The second-order valence-corrected chi connectivity index (χ2v) is 5.63. The fourth-order valence-corrected chi connectivity index (χ4v) is 1.96. The summed E-state index contributed by atoms with van der Waals surface area (Å²) in [5.41, 5.74) is -0.0351. The molecule has 2 N–H and O–H groups in total. The maximum atomic E-state index is 11.3. The van der Waals surface area contributed by atoms with Gasteiger partial charge in [0.05, 0.1) is 5.38 Å². The second kappa shape index (κ2) is 5.34. The summed E-state index contributed by atoms with van der Waals surface area (Å²) in [5, 5.41) is 2.94. The molecule has 1 aromatic heterocycles. The zero-order chi connectivity index (χ0) is 12.2. The zero-order valence-electron chi connectivity index (χ0n) is 9.88. The van der Waals surface area contributed by atoms with Crippen LogP contribution in [-0.4, -0.2) is 21.9 Å². The molecule has 0 fully saturated rings. The lowest BCUT2D eigenvalue weighted by atomic mass is 9.90. The number of halogens is 1. The van der Waals surface area contributed by atoms with Crippen molar-refractivity contribution >= 4 is 17.4 Å². The van der Waals surface area contributed by atoms with Crippen LogP contribution in [0.1, 0.15) is 27.2 Å². The fraction of sp³-hybridized carbons (Fsp3) is 0.636. The molecule has 4 nitrogen and oxygen atoms in total. The summed E-state index contributed by atoms with van der Waals surface area (Å²) in [4.78, 5) is 17.8. The minimum Gasteiger partial charge on any atom is -0.364 e. The second-order valence-electron chi connectivity index (χ2n) is 5.01. The van der Waals surface area contributed by atoms with Gasteiger partial charge >= 0.3 is 0 Å². The highest BCUT2D eigenvalue weighted by molar-refractivity contribution is 6.20. The third-order valence-electron chi connectivity index (χ3n) is 2.03. The lowest BCUT2D eigenvalue weighted by Crippen LogP contribution is -2.24. The van der Waals surface area contributed by atoms with Gasteiger partial charge in [-0.15, -0.1) is 11.6 Å². The predicted molar refractivity (Wildman–Crippen MR) is 67.1 cm³/mol. The van der Waals surface area contributed by atoms with Crippen LogP contribution in [-0.2, 0) is 0 Å². The number of nitrogens with zero attached hydrogens (tertiary/aromatic N) is 1. The van der Waals surface area contributed by atoms with Crippen LogP contribution >= 0.6 is 11.6 Å². The molecule has 0 spiro atoms. The molecule has 16 heavy (non-hydrogen) atoms. The maximum Gasteiger partial charge on any atom is 0.290 e. The van der Waals surface area contributed by atoms with Crippen molar-refractivity contribution in [3.05, 3.63) is 22.7 Å². The van der Waals surface area contributed by atoms with E-state index in [1.54, 1.807) is 0 Å². The van der Waals surface area contributed by atoms with Gasteiger partial charge in [0.25, 0.3) is 5.56 Å². The van der Waals surface area contributed by atoms with Gasteiger partial charge in [-0.2, -0.15) is 0 Å². The Kier molecular flexibility index (Phi) is 4.35. The summed E-state index contributed by atoms with van der Waals surface area (Å²) in [6, 6.07) is 0. The highest BCUT2D eigenvalue weighted by atomic mass is 35.5. The minimum atomic E-state index is -0.220. The lowest BCUT2D eigenvalue weighted by molar-refractivity contribution is 0.373. The summed E-state index contributed by atoms with van der Waals surface area (Å²) >= 11 is 6.17. The van der Waals surface area contributed by atoms with Crippen molar-refractivity contribution in [2.45, 2.75) is 32.6 Å². The topological polar surface area (TPSA) is 57.8 Å². The van der Waals surface area contributed by atoms with E-state index in [2.05, 4.69) is 36.1 Å². The molecule has 0 aliphatic heterocycles. The number of hydrogen-bond donors (Lipinski definition) is 2. The fourth-order valence-electron chi connectivity index (χ4n) is 1.42. The molecule has 0 radical (unpaired) electrons. The van der Waals surface area contributed by atoms with Crippen molar-refractivity contribution in [1.29, 1.82) is 0 Å².